The predicted octanol–water partition coefficient (Wildman–Crippen LogP) is 2.37. The summed E-state index contributed by atoms with van der Waals surface area (Å²) in [6.07, 6.45) is 1.13. The van der Waals surface area contributed by atoms with Gasteiger partial charge in [-0.25, -0.2) is 0 Å². The van der Waals surface area contributed by atoms with Crippen LogP contribution in [0, 0.1) is 11.3 Å². The molecule has 0 spiro atoms. The highest BCUT2D eigenvalue weighted by Crippen LogP contribution is 2.27. The topological polar surface area (TPSA) is 24.5 Å². The van der Waals surface area contributed by atoms with Crippen LogP contribution in [0.25, 0.3) is 0 Å². The minimum absolute atomic E-state index is 0.335. The van der Waals surface area contributed by atoms with Crippen molar-refractivity contribution in [3.8, 4) is 0 Å². The largest absolute Gasteiger partial charge is 0.385 e. The molecular weight excluding hydrogens is 224 g/mol. The molecule has 3 nitrogen and oxygen atoms in total. The normalized spacial score (nSPS) is 26.8. The third-order valence-electron chi connectivity index (χ3n) is 4.04. The summed E-state index contributed by atoms with van der Waals surface area (Å²) < 4.78 is 5.19. The van der Waals surface area contributed by atoms with Crippen LogP contribution in [0.5, 0.6) is 0 Å². The number of hydrogen-bond donors (Lipinski definition) is 1. The smallest absolute Gasteiger partial charge is 0.0474 e. The Morgan fingerprint density at radius 3 is 2.50 bits per heavy atom. The molecule has 1 fully saturated rings. The SMILES string of the molecule is COCCCN1CC(C(C)C)NCC1C(C)(C)C. The summed E-state index contributed by atoms with van der Waals surface area (Å²) in [5, 5.41) is 3.72. The lowest BCUT2D eigenvalue weighted by Crippen LogP contribution is -2.61. The predicted molar refractivity (Wildman–Crippen MR) is 77.9 cm³/mol. The molecule has 0 aromatic rings. The zero-order valence-electron chi connectivity index (χ0n) is 13.1. The highest BCUT2D eigenvalue weighted by Gasteiger charge is 2.35. The Kier molecular flexibility index (Phi) is 6.09. The van der Waals surface area contributed by atoms with Crippen molar-refractivity contribution in [2.75, 3.05) is 33.4 Å². The van der Waals surface area contributed by atoms with E-state index in [0.29, 0.717) is 23.4 Å². The van der Waals surface area contributed by atoms with Crippen molar-refractivity contribution in [3.05, 3.63) is 0 Å². The number of ether oxygens (including phenoxy) is 1. The van der Waals surface area contributed by atoms with Gasteiger partial charge < -0.3 is 10.1 Å². The van der Waals surface area contributed by atoms with Gasteiger partial charge in [0.1, 0.15) is 0 Å². The maximum Gasteiger partial charge on any atom is 0.0474 e. The van der Waals surface area contributed by atoms with Crippen molar-refractivity contribution < 1.29 is 4.74 Å². The molecule has 1 heterocycles. The quantitative estimate of drug-likeness (QED) is 0.764. The first-order valence-corrected chi connectivity index (χ1v) is 7.32. The van der Waals surface area contributed by atoms with E-state index in [1.54, 1.807) is 7.11 Å². The first kappa shape index (κ1) is 15.9. The number of rotatable bonds is 5. The molecule has 1 rings (SSSR count). The van der Waals surface area contributed by atoms with Gasteiger partial charge >= 0.3 is 0 Å². The van der Waals surface area contributed by atoms with Gasteiger partial charge in [0.25, 0.3) is 0 Å². The van der Waals surface area contributed by atoms with E-state index in [0.717, 1.165) is 26.1 Å². The molecule has 0 bridgehead atoms. The molecule has 18 heavy (non-hydrogen) atoms. The van der Waals surface area contributed by atoms with Crippen LogP contribution < -0.4 is 5.32 Å². The van der Waals surface area contributed by atoms with Crippen molar-refractivity contribution >= 4 is 0 Å². The van der Waals surface area contributed by atoms with Crippen LogP contribution >= 0.6 is 0 Å². The van der Waals surface area contributed by atoms with Gasteiger partial charge in [-0.3, -0.25) is 4.90 Å². The Balaban J connectivity index is 2.61. The van der Waals surface area contributed by atoms with E-state index in [2.05, 4.69) is 44.8 Å². The Labute approximate surface area is 113 Å². The van der Waals surface area contributed by atoms with E-state index in [9.17, 15) is 0 Å². The molecule has 1 saturated heterocycles. The molecule has 2 unspecified atom stereocenters. The second-order valence-corrected chi connectivity index (χ2v) is 6.98. The number of nitrogens with one attached hydrogen (secondary N) is 1. The van der Waals surface area contributed by atoms with Crippen LogP contribution in [0.1, 0.15) is 41.0 Å². The molecule has 0 aromatic carbocycles. The second kappa shape index (κ2) is 6.88. The van der Waals surface area contributed by atoms with E-state index in [1.165, 1.54) is 6.54 Å². The first-order chi connectivity index (χ1) is 8.36. The lowest BCUT2D eigenvalue weighted by atomic mass is 9.83. The number of piperazine rings is 1. The lowest BCUT2D eigenvalue weighted by molar-refractivity contribution is 0.0394. The molecule has 0 radical (unpaired) electrons. The molecule has 1 aliphatic heterocycles. The monoisotopic (exact) mass is 256 g/mol. The summed E-state index contributed by atoms with van der Waals surface area (Å²) in [5.41, 5.74) is 0.335. The summed E-state index contributed by atoms with van der Waals surface area (Å²) in [4.78, 5) is 2.67. The molecular formula is C15H32N2O. The van der Waals surface area contributed by atoms with Gasteiger partial charge in [0, 0.05) is 45.4 Å². The fourth-order valence-electron chi connectivity index (χ4n) is 2.80. The molecule has 1 N–H and O–H groups in total. The van der Waals surface area contributed by atoms with Crippen LogP contribution in [-0.4, -0.2) is 50.3 Å². The van der Waals surface area contributed by atoms with Crippen molar-refractivity contribution in [2.45, 2.75) is 53.1 Å². The van der Waals surface area contributed by atoms with E-state index in [1.807, 2.05) is 0 Å². The Bertz CT molecular complexity index is 235. The molecule has 0 aliphatic carbocycles. The van der Waals surface area contributed by atoms with Gasteiger partial charge in [-0.15, -0.1) is 0 Å². The van der Waals surface area contributed by atoms with E-state index in [-0.39, 0.29) is 0 Å². The molecule has 0 aromatic heterocycles. The standard InChI is InChI=1S/C15H32N2O/c1-12(2)13-11-17(8-7-9-18-6)14(10-16-13)15(3,4)5/h12-14,16H,7-11H2,1-6H3. The number of hydrogen-bond acceptors (Lipinski definition) is 3. The van der Waals surface area contributed by atoms with Crippen LogP contribution in [-0.2, 0) is 4.74 Å². The van der Waals surface area contributed by atoms with Crippen LogP contribution in [0.3, 0.4) is 0 Å². The zero-order valence-corrected chi connectivity index (χ0v) is 13.1. The summed E-state index contributed by atoms with van der Waals surface area (Å²) >= 11 is 0. The first-order valence-electron chi connectivity index (χ1n) is 7.32. The lowest BCUT2D eigenvalue weighted by Gasteiger charge is -2.47. The summed E-state index contributed by atoms with van der Waals surface area (Å²) in [6.45, 7) is 16.0. The Hall–Kier alpha value is -0.120. The average Bonchev–Trinajstić information content (AvgIpc) is 2.27. The van der Waals surface area contributed by atoms with Gasteiger partial charge in [-0.2, -0.15) is 0 Å². The van der Waals surface area contributed by atoms with Gasteiger partial charge in [0.05, 0.1) is 0 Å². The molecule has 0 saturated carbocycles. The van der Waals surface area contributed by atoms with Gasteiger partial charge in [-0.1, -0.05) is 34.6 Å². The van der Waals surface area contributed by atoms with Gasteiger partial charge in [-0.05, 0) is 17.8 Å². The van der Waals surface area contributed by atoms with Crippen molar-refractivity contribution in [3.63, 3.8) is 0 Å². The van der Waals surface area contributed by atoms with Gasteiger partial charge in [0.2, 0.25) is 0 Å². The Morgan fingerprint density at radius 1 is 1.33 bits per heavy atom. The summed E-state index contributed by atoms with van der Waals surface area (Å²) in [7, 11) is 1.79. The van der Waals surface area contributed by atoms with Crippen LogP contribution in [0.15, 0.2) is 0 Å². The fraction of sp³-hybridized carbons (Fsp3) is 1.00. The molecule has 0 amide bonds. The molecule has 108 valence electrons. The van der Waals surface area contributed by atoms with E-state index < -0.39 is 0 Å². The molecule has 2 atom stereocenters. The van der Waals surface area contributed by atoms with Crippen molar-refractivity contribution in [2.24, 2.45) is 11.3 Å². The highest BCUT2D eigenvalue weighted by molar-refractivity contribution is 4.93. The second-order valence-electron chi connectivity index (χ2n) is 6.98. The highest BCUT2D eigenvalue weighted by atomic mass is 16.5. The zero-order chi connectivity index (χ0) is 13.8. The third kappa shape index (κ3) is 4.52. The maximum absolute atomic E-state index is 5.19. The van der Waals surface area contributed by atoms with Crippen LogP contribution in [0.4, 0.5) is 0 Å². The third-order valence-corrected chi connectivity index (χ3v) is 4.04. The maximum atomic E-state index is 5.19. The Morgan fingerprint density at radius 2 is 2.00 bits per heavy atom. The minimum atomic E-state index is 0.335. The fourth-order valence-corrected chi connectivity index (χ4v) is 2.80. The average molecular weight is 256 g/mol. The number of nitrogens with zero attached hydrogens (tertiary/aromatic N) is 1. The summed E-state index contributed by atoms with van der Waals surface area (Å²) in [6, 6.07) is 1.26. The van der Waals surface area contributed by atoms with Crippen molar-refractivity contribution in [1.82, 2.24) is 10.2 Å². The minimum Gasteiger partial charge on any atom is -0.385 e. The molecule has 1 aliphatic rings. The van der Waals surface area contributed by atoms with E-state index >= 15 is 0 Å². The van der Waals surface area contributed by atoms with Crippen LogP contribution in [0.2, 0.25) is 0 Å². The number of methoxy groups -OCH3 is 1. The molecule has 3 heteroatoms. The van der Waals surface area contributed by atoms with Gasteiger partial charge in [0.15, 0.2) is 0 Å². The summed E-state index contributed by atoms with van der Waals surface area (Å²) in [5.74, 6) is 0.704. The van der Waals surface area contributed by atoms with E-state index in [4.69, 9.17) is 4.74 Å². The van der Waals surface area contributed by atoms with Crippen molar-refractivity contribution in [1.29, 1.82) is 0 Å².